The molecule has 0 radical (unpaired) electrons. The highest BCUT2D eigenvalue weighted by atomic mass is 15.0. The van der Waals surface area contributed by atoms with Crippen molar-refractivity contribution in [2.45, 2.75) is 33.2 Å². The van der Waals surface area contributed by atoms with Gasteiger partial charge >= 0.3 is 0 Å². The van der Waals surface area contributed by atoms with E-state index < -0.39 is 0 Å². The molecular formula is C11H19N. The van der Waals surface area contributed by atoms with Gasteiger partial charge in [-0.15, -0.1) is 0 Å². The van der Waals surface area contributed by atoms with Crippen molar-refractivity contribution in [3.05, 3.63) is 12.2 Å². The first kappa shape index (κ1) is 8.31. The Bertz CT molecular complexity index is 209. The van der Waals surface area contributed by atoms with E-state index in [-0.39, 0.29) is 0 Å². The van der Waals surface area contributed by atoms with Crippen molar-refractivity contribution >= 4 is 0 Å². The van der Waals surface area contributed by atoms with Crippen molar-refractivity contribution in [2.24, 2.45) is 17.3 Å². The number of allylic oxidation sites excluding steroid dienone is 2. The zero-order valence-corrected chi connectivity index (χ0v) is 8.30. The van der Waals surface area contributed by atoms with Crippen LogP contribution in [-0.2, 0) is 0 Å². The summed E-state index contributed by atoms with van der Waals surface area (Å²) < 4.78 is 0. The van der Waals surface area contributed by atoms with Crippen LogP contribution in [0.15, 0.2) is 12.2 Å². The number of rotatable bonds is 2. The highest BCUT2D eigenvalue weighted by Crippen LogP contribution is 2.44. The molecule has 1 heterocycles. The fraction of sp³-hybridized carbons (Fsp3) is 0.818. The smallest absolute Gasteiger partial charge is 0.0139 e. The van der Waals surface area contributed by atoms with Crippen molar-refractivity contribution in [1.82, 2.24) is 5.32 Å². The Kier molecular flexibility index (Phi) is 1.80. The van der Waals surface area contributed by atoms with Crippen LogP contribution in [-0.4, -0.2) is 12.6 Å². The molecule has 2 rings (SSSR count). The summed E-state index contributed by atoms with van der Waals surface area (Å²) in [5, 5.41) is 3.54. The summed E-state index contributed by atoms with van der Waals surface area (Å²) in [5.41, 5.74) is 0.492. The van der Waals surface area contributed by atoms with Gasteiger partial charge in [0.15, 0.2) is 0 Å². The van der Waals surface area contributed by atoms with Crippen LogP contribution in [0.3, 0.4) is 0 Å². The van der Waals surface area contributed by atoms with Crippen LogP contribution in [0.2, 0.25) is 0 Å². The molecule has 1 heteroatoms. The molecule has 0 amide bonds. The normalized spacial score (nSPS) is 47.9. The predicted octanol–water partition coefficient (Wildman–Crippen LogP) is 2.20. The molecular weight excluding hydrogens is 146 g/mol. The average molecular weight is 165 g/mol. The van der Waals surface area contributed by atoms with Gasteiger partial charge in [0.25, 0.3) is 0 Å². The fourth-order valence-corrected chi connectivity index (χ4v) is 2.40. The third-order valence-corrected chi connectivity index (χ3v) is 3.92. The average Bonchev–Trinajstić information content (AvgIpc) is 1.97. The molecule has 1 fully saturated rings. The first-order chi connectivity index (χ1) is 5.63. The lowest BCUT2D eigenvalue weighted by Crippen LogP contribution is -2.58. The first-order valence-corrected chi connectivity index (χ1v) is 5.04. The lowest BCUT2D eigenvalue weighted by Gasteiger charge is -2.49. The molecule has 2 aliphatic rings. The van der Waals surface area contributed by atoms with E-state index in [1.54, 1.807) is 0 Å². The van der Waals surface area contributed by atoms with E-state index in [1.807, 2.05) is 0 Å². The third-order valence-electron chi connectivity index (χ3n) is 3.92. The van der Waals surface area contributed by atoms with E-state index in [0.29, 0.717) is 5.41 Å². The molecule has 12 heavy (non-hydrogen) atoms. The fourth-order valence-electron chi connectivity index (χ4n) is 2.40. The van der Waals surface area contributed by atoms with E-state index in [0.717, 1.165) is 17.9 Å². The maximum Gasteiger partial charge on any atom is 0.0139 e. The van der Waals surface area contributed by atoms with Crippen LogP contribution < -0.4 is 5.32 Å². The van der Waals surface area contributed by atoms with Crippen LogP contribution in [0, 0.1) is 17.3 Å². The summed E-state index contributed by atoms with van der Waals surface area (Å²) in [6.07, 6.45) is 5.95. The first-order valence-electron chi connectivity index (χ1n) is 5.04. The summed E-state index contributed by atoms with van der Waals surface area (Å²) >= 11 is 0. The van der Waals surface area contributed by atoms with Crippen LogP contribution in [0.5, 0.6) is 0 Å². The molecule has 1 N–H and O–H groups in total. The summed E-state index contributed by atoms with van der Waals surface area (Å²) in [4.78, 5) is 0. The molecule has 0 saturated carbocycles. The molecule has 4 atom stereocenters. The Morgan fingerprint density at radius 1 is 1.58 bits per heavy atom. The van der Waals surface area contributed by atoms with Gasteiger partial charge in [0.1, 0.15) is 0 Å². The van der Waals surface area contributed by atoms with Gasteiger partial charge in [0.2, 0.25) is 0 Å². The Morgan fingerprint density at radius 2 is 2.25 bits per heavy atom. The molecule has 1 saturated heterocycles. The topological polar surface area (TPSA) is 12.0 Å². The lowest BCUT2D eigenvalue weighted by atomic mass is 9.63. The molecule has 1 nitrogen and oxygen atoms in total. The molecule has 0 aromatic rings. The highest BCUT2D eigenvalue weighted by Gasteiger charge is 2.41. The van der Waals surface area contributed by atoms with Crippen molar-refractivity contribution in [1.29, 1.82) is 0 Å². The second-order valence-corrected chi connectivity index (χ2v) is 4.81. The molecule has 0 aromatic carbocycles. The van der Waals surface area contributed by atoms with Crippen molar-refractivity contribution in [3.8, 4) is 0 Å². The molecule has 1 aliphatic heterocycles. The Balaban J connectivity index is 2.00. The van der Waals surface area contributed by atoms with Gasteiger partial charge < -0.3 is 5.32 Å². The van der Waals surface area contributed by atoms with Crippen molar-refractivity contribution < 1.29 is 0 Å². The summed E-state index contributed by atoms with van der Waals surface area (Å²) in [5.74, 6) is 1.68. The van der Waals surface area contributed by atoms with E-state index >= 15 is 0 Å². The van der Waals surface area contributed by atoms with Crippen LogP contribution in [0.25, 0.3) is 0 Å². The maximum absolute atomic E-state index is 3.54. The summed E-state index contributed by atoms with van der Waals surface area (Å²) in [7, 11) is 0. The Labute approximate surface area is 75.2 Å². The molecule has 0 bridgehead atoms. The summed E-state index contributed by atoms with van der Waals surface area (Å²) in [6.45, 7) is 8.33. The Hall–Kier alpha value is -0.300. The number of hydrogen-bond acceptors (Lipinski definition) is 1. The van der Waals surface area contributed by atoms with E-state index in [4.69, 9.17) is 0 Å². The van der Waals surface area contributed by atoms with Gasteiger partial charge in [-0.25, -0.2) is 0 Å². The third kappa shape index (κ3) is 1.03. The van der Waals surface area contributed by atoms with Gasteiger partial charge in [0.05, 0.1) is 0 Å². The SMILES string of the molecule is CC1CNC1C(C)C1(C)C=CC1. The summed E-state index contributed by atoms with van der Waals surface area (Å²) in [6, 6.07) is 0.764. The van der Waals surface area contributed by atoms with E-state index in [2.05, 4.69) is 38.2 Å². The molecule has 0 aromatic heterocycles. The molecule has 0 spiro atoms. The zero-order chi connectivity index (χ0) is 8.77. The number of nitrogens with one attached hydrogen (secondary N) is 1. The lowest BCUT2D eigenvalue weighted by molar-refractivity contribution is 0.101. The second-order valence-electron chi connectivity index (χ2n) is 4.81. The van der Waals surface area contributed by atoms with Gasteiger partial charge in [-0.3, -0.25) is 0 Å². The second kappa shape index (κ2) is 2.59. The molecule has 68 valence electrons. The van der Waals surface area contributed by atoms with Crippen LogP contribution in [0.1, 0.15) is 27.2 Å². The van der Waals surface area contributed by atoms with Crippen molar-refractivity contribution in [2.75, 3.05) is 6.54 Å². The Morgan fingerprint density at radius 3 is 2.50 bits per heavy atom. The van der Waals surface area contributed by atoms with Crippen LogP contribution >= 0.6 is 0 Å². The minimum absolute atomic E-state index is 0.492. The largest absolute Gasteiger partial charge is 0.313 e. The molecule has 1 aliphatic carbocycles. The van der Waals surface area contributed by atoms with Crippen molar-refractivity contribution in [3.63, 3.8) is 0 Å². The number of hydrogen-bond donors (Lipinski definition) is 1. The minimum Gasteiger partial charge on any atom is -0.313 e. The highest BCUT2D eigenvalue weighted by molar-refractivity contribution is 5.15. The van der Waals surface area contributed by atoms with E-state index in [9.17, 15) is 0 Å². The minimum atomic E-state index is 0.492. The standard InChI is InChI=1S/C11H19N/c1-8-7-12-10(8)9(2)11(3)5-4-6-11/h4-5,8-10,12H,6-7H2,1-3H3. The monoisotopic (exact) mass is 165 g/mol. The van der Waals surface area contributed by atoms with E-state index in [1.165, 1.54) is 13.0 Å². The predicted molar refractivity (Wildman–Crippen MR) is 52.0 cm³/mol. The van der Waals surface area contributed by atoms with Gasteiger partial charge in [-0.2, -0.15) is 0 Å². The van der Waals surface area contributed by atoms with Gasteiger partial charge in [-0.1, -0.05) is 32.9 Å². The maximum atomic E-state index is 3.54. The zero-order valence-electron chi connectivity index (χ0n) is 8.30. The van der Waals surface area contributed by atoms with Gasteiger partial charge in [-0.05, 0) is 30.2 Å². The quantitative estimate of drug-likeness (QED) is 0.618. The molecule has 4 unspecified atom stereocenters. The van der Waals surface area contributed by atoms with Gasteiger partial charge in [0, 0.05) is 6.04 Å². The van der Waals surface area contributed by atoms with Crippen LogP contribution in [0.4, 0.5) is 0 Å².